The number of likely N-dealkylation sites (tertiary alicyclic amines) is 1. The summed E-state index contributed by atoms with van der Waals surface area (Å²) in [7, 11) is 0. The Bertz CT molecular complexity index is 718. The van der Waals surface area contributed by atoms with Crippen LogP contribution in [-0.2, 0) is 28.8 Å². The highest BCUT2D eigenvalue weighted by atomic mass is 32.1. The van der Waals surface area contributed by atoms with Crippen LogP contribution in [0.15, 0.2) is 0 Å². The van der Waals surface area contributed by atoms with E-state index in [-0.39, 0.29) is 18.7 Å². The van der Waals surface area contributed by atoms with Crippen LogP contribution in [0.4, 0.5) is 0 Å². The summed E-state index contributed by atoms with van der Waals surface area (Å²) in [5.41, 5.74) is 15.6. The Morgan fingerprint density at radius 3 is 2.07 bits per heavy atom. The van der Waals surface area contributed by atoms with Crippen LogP contribution in [0, 0.1) is 0 Å². The van der Waals surface area contributed by atoms with E-state index in [9.17, 15) is 33.9 Å². The number of nitrogens with one attached hydrogen (secondary N) is 2. The van der Waals surface area contributed by atoms with Crippen LogP contribution in [0.5, 0.6) is 0 Å². The van der Waals surface area contributed by atoms with E-state index in [4.69, 9.17) is 17.2 Å². The summed E-state index contributed by atoms with van der Waals surface area (Å²) in [6.07, 6.45) is -0.309. The zero-order chi connectivity index (χ0) is 23.0. The van der Waals surface area contributed by atoms with Crippen molar-refractivity contribution in [1.29, 1.82) is 0 Å². The molecule has 0 spiro atoms. The van der Waals surface area contributed by atoms with E-state index >= 15 is 0 Å². The molecule has 4 unspecified atom stereocenters. The minimum absolute atomic E-state index is 0.161. The number of carboxylic acids is 1. The number of amides is 5. The molecule has 1 saturated heterocycles. The number of hydrogen-bond donors (Lipinski definition) is 7. The molecule has 0 radical (unpaired) electrons. The van der Waals surface area contributed by atoms with Gasteiger partial charge in [0.05, 0.1) is 18.9 Å². The minimum Gasteiger partial charge on any atom is -0.480 e. The Morgan fingerprint density at radius 1 is 1.00 bits per heavy atom. The van der Waals surface area contributed by atoms with Gasteiger partial charge in [-0.05, 0) is 12.8 Å². The maximum Gasteiger partial charge on any atom is 0.326 e. The fraction of sp³-hybridized carbons (Fsp3) is 0.625. The number of carboxylic acid groups (broad SMARTS) is 1. The Kier molecular flexibility index (Phi) is 9.52. The summed E-state index contributed by atoms with van der Waals surface area (Å²) < 4.78 is 0. The van der Waals surface area contributed by atoms with Crippen LogP contribution in [0.1, 0.15) is 25.7 Å². The third-order valence-corrected chi connectivity index (χ3v) is 4.78. The fourth-order valence-electron chi connectivity index (χ4n) is 2.94. The molecule has 1 aliphatic heterocycles. The van der Waals surface area contributed by atoms with Crippen LogP contribution >= 0.6 is 12.6 Å². The van der Waals surface area contributed by atoms with Crippen molar-refractivity contribution < 1.29 is 33.9 Å². The van der Waals surface area contributed by atoms with E-state index in [1.807, 2.05) is 0 Å². The quantitative estimate of drug-likeness (QED) is 0.154. The lowest BCUT2D eigenvalue weighted by atomic mass is 10.1. The zero-order valence-electron chi connectivity index (χ0n) is 16.1. The maximum absolute atomic E-state index is 12.7. The van der Waals surface area contributed by atoms with Gasteiger partial charge in [-0.2, -0.15) is 12.6 Å². The Labute approximate surface area is 177 Å². The highest BCUT2D eigenvalue weighted by molar-refractivity contribution is 7.80. The van der Waals surface area contributed by atoms with E-state index in [2.05, 4.69) is 23.3 Å². The van der Waals surface area contributed by atoms with Crippen molar-refractivity contribution in [2.75, 3.05) is 12.3 Å². The minimum atomic E-state index is -1.47. The number of thiol groups is 1. The summed E-state index contributed by atoms with van der Waals surface area (Å²) >= 11 is 4.02. The van der Waals surface area contributed by atoms with E-state index in [1.54, 1.807) is 0 Å². The van der Waals surface area contributed by atoms with Gasteiger partial charge in [-0.15, -0.1) is 0 Å². The van der Waals surface area contributed by atoms with Crippen LogP contribution in [0.25, 0.3) is 0 Å². The van der Waals surface area contributed by atoms with Gasteiger partial charge in [-0.3, -0.25) is 24.0 Å². The number of nitrogens with zero attached hydrogens (tertiary/aromatic N) is 1. The molecule has 1 rings (SSSR count). The summed E-state index contributed by atoms with van der Waals surface area (Å²) in [6, 6.07) is -5.04. The van der Waals surface area contributed by atoms with Gasteiger partial charge in [0.25, 0.3) is 0 Å². The Hall–Kier alpha value is -2.87. The summed E-state index contributed by atoms with van der Waals surface area (Å²) in [5, 5.41) is 13.8. The Balaban J connectivity index is 2.88. The number of aliphatic carboxylic acids is 1. The molecule has 0 bridgehead atoms. The van der Waals surface area contributed by atoms with Crippen LogP contribution in [0.2, 0.25) is 0 Å². The van der Waals surface area contributed by atoms with Crippen molar-refractivity contribution in [3.63, 3.8) is 0 Å². The third kappa shape index (κ3) is 7.18. The maximum atomic E-state index is 12.7. The smallest absolute Gasteiger partial charge is 0.326 e. The molecular formula is C16H26N6O7S. The molecule has 0 aromatic rings. The molecule has 4 atom stereocenters. The van der Waals surface area contributed by atoms with Crippen molar-refractivity contribution in [3.05, 3.63) is 0 Å². The van der Waals surface area contributed by atoms with Gasteiger partial charge in [-0.25, -0.2) is 4.79 Å². The predicted octanol–water partition coefficient (Wildman–Crippen LogP) is -3.96. The van der Waals surface area contributed by atoms with Crippen molar-refractivity contribution in [2.24, 2.45) is 17.2 Å². The van der Waals surface area contributed by atoms with E-state index in [1.165, 1.54) is 0 Å². The lowest BCUT2D eigenvalue weighted by Crippen LogP contribution is -2.58. The summed E-state index contributed by atoms with van der Waals surface area (Å²) in [4.78, 5) is 71.9. The van der Waals surface area contributed by atoms with Crippen molar-refractivity contribution >= 4 is 48.1 Å². The topological polar surface area (TPSA) is 228 Å². The van der Waals surface area contributed by atoms with E-state index in [0.717, 1.165) is 4.90 Å². The number of rotatable bonds is 11. The highest BCUT2D eigenvalue weighted by Crippen LogP contribution is 2.18. The van der Waals surface area contributed by atoms with Gasteiger partial charge >= 0.3 is 5.97 Å². The van der Waals surface area contributed by atoms with Gasteiger partial charge < -0.3 is 37.8 Å². The zero-order valence-corrected chi connectivity index (χ0v) is 17.0. The lowest BCUT2D eigenvalue weighted by molar-refractivity contribution is -0.149. The molecule has 168 valence electrons. The predicted molar refractivity (Wildman–Crippen MR) is 106 cm³/mol. The van der Waals surface area contributed by atoms with Gasteiger partial charge in [0.15, 0.2) is 0 Å². The van der Waals surface area contributed by atoms with Crippen LogP contribution in [-0.4, -0.2) is 82.0 Å². The average Bonchev–Trinajstić information content (AvgIpc) is 3.13. The van der Waals surface area contributed by atoms with Crippen molar-refractivity contribution in [3.8, 4) is 0 Å². The van der Waals surface area contributed by atoms with Gasteiger partial charge in [0.2, 0.25) is 29.5 Å². The first-order valence-corrected chi connectivity index (χ1v) is 9.68. The molecule has 13 nitrogen and oxygen atoms in total. The molecule has 30 heavy (non-hydrogen) atoms. The summed E-state index contributed by atoms with van der Waals surface area (Å²) in [6.45, 7) is 0.208. The molecule has 9 N–H and O–H groups in total. The lowest BCUT2D eigenvalue weighted by Gasteiger charge is -2.28. The van der Waals surface area contributed by atoms with Crippen LogP contribution in [0.3, 0.4) is 0 Å². The van der Waals surface area contributed by atoms with E-state index in [0.29, 0.717) is 6.42 Å². The first-order valence-electron chi connectivity index (χ1n) is 9.05. The SMILES string of the molecule is NC(=O)CC(N)C(=O)NC(CC(N)=O)C(=O)NC(CS)C(=O)N1CCCC1C(=O)O. The Morgan fingerprint density at radius 2 is 1.57 bits per heavy atom. The van der Waals surface area contributed by atoms with Crippen LogP contribution < -0.4 is 27.8 Å². The average molecular weight is 446 g/mol. The normalized spacial score (nSPS) is 18.7. The summed E-state index contributed by atoms with van der Waals surface area (Å²) in [5.74, 6) is -5.58. The second-order valence-electron chi connectivity index (χ2n) is 6.78. The van der Waals surface area contributed by atoms with Gasteiger partial charge in [0.1, 0.15) is 18.1 Å². The van der Waals surface area contributed by atoms with Gasteiger partial charge in [-0.1, -0.05) is 0 Å². The molecule has 0 aromatic heterocycles. The number of carbonyl (C=O) groups is 6. The fourth-order valence-corrected chi connectivity index (χ4v) is 3.19. The monoisotopic (exact) mass is 446 g/mol. The molecule has 1 aliphatic rings. The van der Waals surface area contributed by atoms with E-state index < -0.39 is 72.5 Å². The van der Waals surface area contributed by atoms with Gasteiger partial charge in [0, 0.05) is 12.3 Å². The van der Waals surface area contributed by atoms with Crippen molar-refractivity contribution in [2.45, 2.75) is 49.9 Å². The molecule has 1 fully saturated rings. The van der Waals surface area contributed by atoms with Crippen molar-refractivity contribution in [1.82, 2.24) is 15.5 Å². The third-order valence-electron chi connectivity index (χ3n) is 4.41. The number of hydrogen-bond acceptors (Lipinski definition) is 8. The molecule has 0 aromatic carbocycles. The molecule has 0 saturated carbocycles. The number of primary amides is 2. The second-order valence-corrected chi connectivity index (χ2v) is 7.15. The molecular weight excluding hydrogens is 420 g/mol. The second kappa shape index (κ2) is 11.3. The first kappa shape index (κ1) is 25.2. The first-order chi connectivity index (χ1) is 14.0. The molecule has 14 heteroatoms. The largest absolute Gasteiger partial charge is 0.480 e. The highest BCUT2D eigenvalue weighted by Gasteiger charge is 2.38. The number of nitrogens with two attached hydrogens (primary N) is 3. The molecule has 0 aliphatic carbocycles. The molecule has 5 amide bonds. The number of carbonyl (C=O) groups excluding carboxylic acids is 5. The standard InChI is InChI=1S/C16H26N6O7S/c17-7(4-11(18)23)13(25)20-8(5-12(19)24)14(26)21-9(6-30)15(27)22-3-1-2-10(22)16(28)29/h7-10,30H,1-6,17H2,(H2,18,23)(H2,19,24)(H,20,25)(H,21,26)(H,28,29). The molecule has 1 heterocycles.